The summed E-state index contributed by atoms with van der Waals surface area (Å²) in [6, 6.07) is 0. The lowest BCUT2D eigenvalue weighted by atomic mass is 10.8. The van der Waals surface area contributed by atoms with Crippen molar-refractivity contribution < 1.29 is 18.9 Å². The van der Waals surface area contributed by atoms with Gasteiger partial charge in [0.05, 0.1) is 26.4 Å². The first-order valence-electron chi connectivity index (χ1n) is 5.40. The summed E-state index contributed by atoms with van der Waals surface area (Å²) in [6.45, 7) is 2.90. The van der Waals surface area contributed by atoms with Gasteiger partial charge >= 0.3 is 0 Å². The fourth-order valence-electron chi connectivity index (χ4n) is 1.29. The van der Waals surface area contributed by atoms with Crippen LogP contribution in [0.5, 0.6) is 0 Å². The zero-order valence-electron chi connectivity index (χ0n) is 10.5. The summed E-state index contributed by atoms with van der Waals surface area (Å²) in [4.78, 5) is 3.79. The fourth-order valence-corrected chi connectivity index (χ4v) is 1.29. The maximum absolute atomic E-state index is 5.12. The van der Waals surface area contributed by atoms with E-state index in [1.807, 2.05) is 38.0 Å². The molecule has 0 spiro atoms. The van der Waals surface area contributed by atoms with Crippen LogP contribution in [0.25, 0.3) is 0 Å². The molecule has 96 valence electrons. The molecule has 0 radical (unpaired) electrons. The molecule has 16 heavy (non-hydrogen) atoms. The second kappa shape index (κ2) is 7.16. The number of hydrogen-bond donors (Lipinski definition) is 0. The summed E-state index contributed by atoms with van der Waals surface area (Å²) in [7, 11) is 7.71. The molecule has 2 saturated heterocycles. The van der Waals surface area contributed by atoms with Crippen LogP contribution in [0, 0.1) is 0 Å². The van der Waals surface area contributed by atoms with Crippen molar-refractivity contribution in [3.8, 4) is 0 Å². The van der Waals surface area contributed by atoms with Gasteiger partial charge in [0.25, 0.3) is 0 Å². The van der Waals surface area contributed by atoms with E-state index in [0.29, 0.717) is 0 Å². The summed E-state index contributed by atoms with van der Waals surface area (Å²) >= 11 is 0. The molecule has 0 saturated carbocycles. The molecule has 2 aliphatic heterocycles. The van der Waals surface area contributed by atoms with E-state index in [9.17, 15) is 0 Å². The molecule has 2 rings (SSSR count). The number of hydrogen-bond acceptors (Lipinski definition) is 6. The monoisotopic (exact) mass is 234 g/mol. The Morgan fingerprint density at radius 1 is 0.625 bits per heavy atom. The van der Waals surface area contributed by atoms with E-state index < -0.39 is 0 Å². The van der Waals surface area contributed by atoms with Crippen LogP contribution in [0.15, 0.2) is 0 Å². The normalized spacial score (nSPS) is 22.9. The SMILES string of the molecule is CN(C)C1OCCO1.CN(C)C1OCCO1. The third kappa shape index (κ3) is 4.73. The first-order chi connectivity index (χ1) is 7.61. The minimum absolute atomic E-state index is 0.102. The average Bonchev–Trinajstić information content (AvgIpc) is 2.93. The van der Waals surface area contributed by atoms with E-state index in [4.69, 9.17) is 18.9 Å². The molecule has 0 aromatic carbocycles. The van der Waals surface area contributed by atoms with E-state index >= 15 is 0 Å². The first kappa shape index (κ1) is 13.8. The van der Waals surface area contributed by atoms with Crippen LogP contribution >= 0.6 is 0 Å². The molecule has 2 heterocycles. The van der Waals surface area contributed by atoms with Crippen molar-refractivity contribution in [3.05, 3.63) is 0 Å². The van der Waals surface area contributed by atoms with Crippen molar-refractivity contribution in [2.75, 3.05) is 54.6 Å². The fraction of sp³-hybridized carbons (Fsp3) is 1.00. The number of rotatable bonds is 2. The van der Waals surface area contributed by atoms with Crippen LogP contribution in [-0.4, -0.2) is 77.2 Å². The van der Waals surface area contributed by atoms with E-state index in [-0.39, 0.29) is 12.8 Å². The lowest BCUT2D eigenvalue weighted by Crippen LogP contribution is -2.27. The van der Waals surface area contributed by atoms with Crippen LogP contribution in [0.3, 0.4) is 0 Å². The maximum Gasteiger partial charge on any atom is 0.218 e. The highest BCUT2D eigenvalue weighted by atomic mass is 16.7. The van der Waals surface area contributed by atoms with E-state index in [1.165, 1.54) is 0 Å². The quantitative estimate of drug-likeness (QED) is 0.657. The van der Waals surface area contributed by atoms with Crippen molar-refractivity contribution in [1.29, 1.82) is 0 Å². The molecule has 0 N–H and O–H groups in total. The number of ether oxygens (including phenoxy) is 4. The Kier molecular flexibility index (Phi) is 6.18. The summed E-state index contributed by atoms with van der Waals surface area (Å²) in [5.41, 5.74) is 0. The molecule has 6 nitrogen and oxygen atoms in total. The van der Waals surface area contributed by atoms with Gasteiger partial charge in [-0.05, 0) is 28.2 Å². The average molecular weight is 234 g/mol. The van der Waals surface area contributed by atoms with E-state index in [2.05, 4.69) is 0 Å². The minimum Gasteiger partial charge on any atom is -0.337 e. The largest absolute Gasteiger partial charge is 0.337 e. The Morgan fingerprint density at radius 3 is 1.00 bits per heavy atom. The molecule has 0 bridgehead atoms. The van der Waals surface area contributed by atoms with Gasteiger partial charge in [-0.15, -0.1) is 0 Å². The van der Waals surface area contributed by atoms with Crippen molar-refractivity contribution in [1.82, 2.24) is 9.80 Å². The van der Waals surface area contributed by atoms with Crippen LogP contribution < -0.4 is 0 Å². The third-order valence-corrected chi connectivity index (χ3v) is 2.05. The number of nitrogens with zero attached hydrogens (tertiary/aromatic N) is 2. The van der Waals surface area contributed by atoms with Gasteiger partial charge in [0, 0.05) is 0 Å². The van der Waals surface area contributed by atoms with E-state index in [1.54, 1.807) is 0 Å². The topological polar surface area (TPSA) is 43.4 Å². The lowest BCUT2D eigenvalue weighted by Gasteiger charge is -2.15. The summed E-state index contributed by atoms with van der Waals surface area (Å²) in [6.07, 6.45) is -0.204. The van der Waals surface area contributed by atoms with Crippen molar-refractivity contribution in [2.24, 2.45) is 0 Å². The molecule has 0 aromatic heterocycles. The van der Waals surface area contributed by atoms with Gasteiger partial charge in [-0.1, -0.05) is 0 Å². The van der Waals surface area contributed by atoms with Gasteiger partial charge in [-0.2, -0.15) is 0 Å². The summed E-state index contributed by atoms with van der Waals surface area (Å²) in [5.74, 6) is 0. The Labute approximate surface area is 97.0 Å². The zero-order valence-corrected chi connectivity index (χ0v) is 10.5. The predicted molar refractivity (Wildman–Crippen MR) is 58.8 cm³/mol. The summed E-state index contributed by atoms with van der Waals surface area (Å²) in [5, 5.41) is 0. The first-order valence-corrected chi connectivity index (χ1v) is 5.40. The highest BCUT2D eigenvalue weighted by Crippen LogP contribution is 2.04. The second-order valence-corrected chi connectivity index (χ2v) is 4.02. The molecule has 2 aliphatic rings. The Balaban J connectivity index is 0.000000160. The van der Waals surface area contributed by atoms with Gasteiger partial charge in [0.1, 0.15) is 0 Å². The highest BCUT2D eigenvalue weighted by Gasteiger charge is 2.17. The van der Waals surface area contributed by atoms with Crippen molar-refractivity contribution in [3.63, 3.8) is 0 Å². The van der Waals surface area contributed by atoms with Crippen molar-refractivity contribution >= 4 is 0 Å². The molecule has 0 unspecified atom stereocenters. The van der Waals surface area contributed by atoms with Gasteiger partial charge in [0.15, 0.2) is 0 Å². The van der Waals surface area contributed by atoms with Gasteiger partial charge < -0.3 is 18.9 Å². The highest BCUT2D eigenvalue weighted by molar-refractivity contribution is 4.47. The maximum atomic E-state index is 5.12. The zero-order chi connectivity index (χ0) is 12.0. The van der Waals surface area contributed by atoms with E-state index in [0.717, 1.165) is 26.4 Å². The molecule has 0 aromatic rings. The molecular weight excluding hydrogens is 212 g/mol. The van der Waals surface area contributed by atoms with Crippen LogP contribution in [0.2, 0.25) is 0 Å². The Morgan fingerprint density at radius 2 is 0.875 bits per heavy atom. The smallest absolute Gasteiger partial charge is 0.218 e. The minimum atomic E-state index is -0.102. The van der Waals surface area contributed by atoms with Crippen LogP contribution in [0.4, 0.5) is 0 Å². The summed E-state index contributed by atoms with van der Waals surface area (Å²) < 4.78 is 20.5. The molecule has 6 heteroatoms. The lowest BCUT2D eigenvalue weighted by molar-refractivity contribution is -0.132. The molecule has 0 amide bonds. The van der Waals surface area contributed by atoms with Crippen LogP contribution in [0.1, 0.15) is 0 Å². The molecular formula is C10H22N2O4. The molecule has 2 fully saturated rings. The van der Waals surface area contributed by atoms with Crippen LogP contribution in [-0.2, 0) is 18.9 Å². The van der Waals surface area contributed by atoms with Crippen molar-refractivity contribution in [2.45, 2.75) is 12.8 Å². The third-order valence-electron chi connectivity index (χ3n) is 2.05. The van der Waals surface area contributed by atoms with Gasteiger partial charge in [-0.25, -0.2) is 0 Å². The van der Waals surface area contributed by atoms with Gasteiger partial charge in [0.2, 0.25) is 12.8 Å². The Bertz CT molecular complexity index is 158. The predicted octanol–water partition coefficient (Wildman–Crippen LogP) is -0.243. The standard InChI is InChI=1S/2C5H11NO2/c2*1-6(2)5-7-3-4-8-5/h2*5H,3-4H2,1-2H3. The second-order valence-electron chi connectivity index (χ2n) is 4.02. The molecule has 0 atom stereocenters. The molecule has 0 aliphatic carbocycles. The van der Waals surface area contributed by atoms with Gasteiger partial charge in [-0.3, -0.25) is 9.80 Å². The Hall–Kier alpha value is -0.240.